The second-order valence-electron chi connectivity index (χ2n) is 3.71. The Kier molecular flexibility index (Phi) is 2.97. The molecule has 0 aliphatic rings. The predicted octanol–water partition coefficient (Wildman–Crippen LogP) is 2.12. The standard InChI is InChI=1S/C13H14N2O/c1-2-13(16,11-6-4-3-5-7-11)12-8-14-10-15-9-12/h3-10,16H,2H2,1H3. The van der Waals surface area contributed by atoms with E-state index in [1.54, 1.807) is 12.4 Å². The Morgan fingerprint density at radius 1 is 1.06 bits per heavy atom. The van der Waals surface area contributed by atoms with Crippen LogP contribution in [0.3, 0.4) is 0 Å². The fourth-order valence-electron chi connectivity index (χ4n) is 1.80. The van der Waals surface area contributed by atoms with Crippen LogP contribution in [-0.4, -0.2) is 15.1 Å². The third-order valence-electron chi connectivity index (χ3n) is 2.80. The number of aliphatic hydroxyl groups is 1. The number of benzene rings is 1. The van der Waals surface area contributed by atoms with Crippen LogP contribution >= 0.6 is 0 Å². The van der Waals surface area contributed by atoms with Gasteiger partial charge in [-0.3, -0.25) is 0 Å². The van der Waals surface area contributed by atoms with E-state index in [1.165, 1.54) is 6.33 Å². The van der Waals surface area contributed by atoms with Crippen LogP contribution < -0.4 is 0 Å². The van der Waals surface area contributed by atoms with Gasteiger partial charge in [0.25, 0.3) is 0 Å². The van der Waals surface area contributed by atoms with Crippen LogP contribution in [-0.2, 0) is 5.60 Å². The quantitative estimate of drug-likeness (QED) is 0.851. The van der Waals surface area contributed by atoms with Crippen molar-refractivity contribution in [1.29, 1.82) is 0 Å². The third kappa shape index (κ3) is 1.82. The minimum absolute atomic E-state index is 0.588. The summed E-state index contributed by atoms with van der Waals surface area (Å²) in [6.07, 6.45) is 5.36. The number of nitrogens with zero attached hydrogens (tertiary/aromatic N) is 2. The molecule has 3 heteroatoms. The Hall–Kier alpha value is -1.74. The predicted molar refractivity (Wildman–Crippen MR) is 61.8 cm³/mol. The Labute approximate surface area is 94.8 Å². The molecule has 1 aromatic heterocycles. The van der Waals surface area contributed by atoms with Gasteiger partial charge in [0.2, 0.25) is 0 Å². The molecule has 2 rings (SSSR count). The van der Waals surface area contributed by atoms with Gasteiger partial charge in [0.15, 0.2) is 0 Å². The lowest BCUT2D eigenvalue weighted by Crippen LogP contribution is -2.26. The molecule has 0 fully saturated rings. The molecule has 1 unspecified atom stereocenters. The lowest BCUT2D eigenvalue weighted by atomic mass is 9.86. The summed E-state index contributed by atoms with van der Waals surface area (Å²) in [4.78, 5) is 7.91. The van der Waals surface area contributed by atoms with E-state index in [2.05, 4.69) is 9.97 Å². The lowest BCUT2D eigenvalue weighted by Gasteiger charge is -2.27. The first-order valence-electron chi connectivity index (χ1n) is 5.31. The molecule has 0 saturated carbocycles. The van der Waals surface area contributed by atoms with Gasteiger partial charge in [-0.25, -0.2) is 9.97 Å². The topological polar surface area (TPSA) is 46.0 Å². The maximum absolute atomic E-state index is 10.7. The molecule has 0 bridgehead atoms. The van der Waals surface area contributed by atoms with Gasteiger partial charge in [-0.1, -0.05) is 37.3 Å². The second kappa shape index (κ2) is 4.41. The van der Waals surface area contributed by atoms with E-state index >= 15 is 0 Å². The zero-order valence-corrected chi connectivity index (χ0v) is 9.17. The molecule has 0 amide bonds. The zero-order chi connectivity index (χ0) is 11.4. The molecule has 16 heavy (non-hydrogen) atoms. The molecular weight excluding hydrogens is 200 g/mol. The van der Waals surface area contributed by atoms with E-state index in [0.717, 1.165) is 11.1 Å². The monoisotopic (exact) mass is 214 g/mol. The highest BCUT2D eigenvalue weighted by Crippen LogP contribution is 2.31. The number of hydrogen-bond donors (Lipinski definition) is 1. The molecule has 0 saturated heterocycles. The Bertz CT molecular complexity index is 403. The molecule has 2 aromatic rings. The molecule has 1 N–H and O–H groups in total. The van der Waals surface area contributed by atoms with E-state index in [-0.39, 0.29) is 0 Å². The molecular formula is C13H14N2O. The summed E-state index contributed by atoms with van der Waals surface area (Å²) in [6.45, 7) is 1.94. The highest BCUT2D eigenvalue weighted by molar-refractivity contribution is 5.32. The summed E-state index contributed by atoms with van der Waals surface area (Å²) in [6, 6.07) is 9.59. The molecule has 1 atom stereocenters. The summed E-state index contributed by atoms with van der Waals surface area (Å²) >= 11 is 0. The maximum atomic E-state index is 10.7. The van der Waals surface area contributed by atoms with Crippen molar-refractivity contribution in [3.63, 3.8) is 0 Å². The van der Waals surface area contributed by atoms with Gasteiger partial charge in [-0.2, -0.15) is 0 Å². The number of rotatable bonds is 3. The average molecular weight is 214 g/mol. The van der Waals surface area contributed by atoms with Crippen LogP contribution in [0, 0.1) is 0 Å². The van der Waals surface area contributed by atoms with Crippen LogP contribution in [0.1, 0.15) is 24.5 Å². The molecule has 0 spiro atoms. The highest BCUT2D eigenvalue weighted by Gasteiger charge is 2.29. The van der Waals surface area contributed by atoms with Gasteiger partial charge in [-0.05, 0) is 12.0 Å². The Balaban J connectivity index is 2.49. The van der Waals surface area contributed by atoms with Crippen molar-refractivity contribution in [1.82, 2.24) is 9.97 Å². The van der Waals surface area contributed by atoms with E-state index in [0.29, 0.717) is 6.42 Å². The smallest absolute Gasteiger partial charge is 0.117 e. The summed E-state index contributed by atoms with van der Waals surface area (Å²) in [5, 5.41) is 10.7. The fourth-order valence-corrected chi connectivity index (χ4v) is 1.80. The number of hydrogen-bond acceptors (Lipinski definition) is 3. The van der Waals surface area contributed by atoms with Crippen LogP contribution in [0.5, 0.6) is 0 Å². The summed E-state index contributed by atoms with van der Waals surface area (Å²) in [7, 11) is 0. The summed E-state index contributed by atoms with van der Waals surface area (Å²) in [5.74, 6) is 0. The van der Waals surface area contributed by atoms with Gasteiger partial charge in [0, 0.05) is 18.0 Å². The number of aromatic nitrogens is 2. The van der Waals surface area contributed by atoms with Crippen molar-refractivity contribution in [3.8, 4) is 0 Å². The lowest BCUT2D eigenvalue weighted by molar-refractivity contribution is 0.0757. The SMILES string of the molecule is CCC(O)(c1ccccc1)c1cncnc1. The normalized spacial score (nSPS) is 14.4. The second-order valence-corrected chi connectivity index (χ2v) is 3.71. The van der Waals surface area contributed by atoms with Crippen molar-refractivity contribution in [2.75, 3.05) is 0 Å². The largest absolute Gasteiger partial charge is 0.380 e. The summed E-state index contributed by atoms with van der Waals surface area (Å²) in [5.41, 5.74) is 0.596. The first kappa shape index (κ1) is 10.8. The molecule has 1 heterocycles. The van der Waals surface area contributed by atoms with Crippen LogP contribution in [0.25, 0.3) is 0 Å². The first-order chi connectivity index (χ1) is 7.77. The maximum Gasteiger partial charge on any atom is 0.117 e. The van der Waals surface area contributed by atoms with Crippen molar-refractivity contribution < 1.29 is 5.11 Å². The molecule has 82 valence electrons. The zero-order valence-electron chi connectivity index (χ0n) is 9.17. The van der Waals surface area contributed by atoms with Gasteiger partial charge in [0.1, 0.15) is 11.9 Å². The molecule has 1 aromatic carbocycles. The Morgan fingerprint density at radius 3 is 2.25 bits per heavy atom. The summed E-state index contributed by atoms with van der Waals surface area (Å²) < 4.78 is 0. The molecule has 0 aliphatic heterocycles. The fraction of sp³-hybridized carbons (Fsp3) is 0.231. The minimum atomic E-state index is -0.997. The van der Waals surface area contributed by atoms with Gasteiger partial charge < -0.3 is 5.11 Å². The first-order valence-corrected chi connectivity index (χ1v) is 5.31. The third-order valence-corrected chi connectivity index (χ3v) is 2.80. The minimum Gasteiger partial charge on any atom is -0.380 e. The van der Waals surface area contributed by atoms with E-state index in [4.69, 9.17) is 0 Å². The van der Waals surface area contributed by atoms with E-state index in [1.807, 2.05) is 37.3 Å². The van der Waals surface area contributed by atoms with Crippen molar-refractivity contribution in [2.45, 2.75) is 18.9 Å². The van der Waals surface area contributed by atoms with Crippen molar-refractivity contribution in [3.05, 3.63) is 60.2 Å². The molecule has 3 nitrogen and oxygen atoms in total. The van der Waals surface area contributed by atoms with Crippen molar-refractivity contribution in [2.24, 2.45) is 0 Å². The van der Waals surface area contributed by atoms with Gasteiger partial charge in [0.05, 0.1) is 0 Å². The van der Waals surface area contributed by atoms with Crippen LogP contribution in [0.15, 0.2) is 49.1 Å². The van der Waals surface area contributed by atoms with E-state index < -0.39 is 5.60 Å². The molecule has 0 aliphatic carbocycles. The molecule has 0 radical (unpaired) electrons. The van der Waals surface area contributed by atoms with Crippen LogP contribution in [0.4, 0.5) is 0 Å². The highest BCUT2D eigenvalue weighted by atomic mass is 16.3. The van der Waals surface area contributed by atoms with Crippen molar-refractivity contribution >= 4 is 0 Å². The van der Waals surface area contributed by atoms with E-state index in [9.17, 15) is 5.11 Å². The van der Waals surface area contributed by atoms with Gasteiger partial charge >= 0.3 is 0 Å². The average Bonchev–Trinajstić information content (AvgIpc) is 2.40. The van der Waals surface area contributed by atoms with Crippen LogP contribution in [0.2, 0.25) is 0 Å². The van der Waals surface area contributed by atoms with Gasteiger partial charge in [-0.15, -0.1) is 0 Å². The Morgan fingerprint density at radius 2 is 1.69 bits per heavy atom.